The van der Waals surface area contributed by atoms with Gasteiger partial charge >= 0.3 is 6.18 Å². The third kappa shape index (κ3) is 4.08. The number of hydrogen-bond donors (Lipinski definition) is 2. The first-order valence-electron chi connectivity index (χ1n) is 4.11. The maximum atomic E-state index is 12.0. The molecule has 1 rings (SSSR count). The second-order valence-electron chi connectivity index (χ2n) is 3.10. The van der Waals surface area contributed by atoms with Crippen molar-refractivity contribution in [2.24, 2.45) is 5.73 Å². The number of rotatable bonds is 2. The van der Waals surface area contributed by atoms with E-state index < -0.39 is 24.4 Å². The maximum absolute atomic E-state index is 12.0. The third-order valence-corrected chi connectivity index (χ3v) is 2.17. The average molecular weight is 276 g/mol. The van der Waals surface area contributed by atoms with Gasteiger partial charge in [-0.15, -0.1) is 12.4 Å². The van der Waals surface area contributed by atoms with Crippen LogP contribution >= 0.6 is 24.0 Å². The highest BCUT2D eigenvalue weighted by Crippen LogP contribution is 2.35. The molecule has 0 saturated heterocycles. The molecule has 0 fully saturated rings. The molecule has 0 aliphatic rings. The molecule has 0 amide bonds. The first kappa shape index (κ1) is 15.3. The van der Waals surface area contributed by atoms with Gasteiger partial charge in [-0.3, -0.25) is 0 Å². The zero-order chi connectivity index (χ0) is 11.6. The predicted molar refractivity (Wildman–Crippen MR) is 58.0 cm³/mol. The molecule has 0 spiro atoms. The number of halogens is 5. The minimum absolute atomic E-state index is 0. The highest BCUT2D eigenvalue weighted by atomic mass is 35.5. The Hall–Kier alpha value is -0.650. The van der Waals surface area contributed by atoms with Crippen LogP contribution in [-0.2, 0) is 0 Å². The van der Waals surface area contributed by atoms with E-state index in [1.54, 1.807) is 0 Å². The number of nitrogens with two attached hydrogens (primary N) is 1. The zero-order valence-electron chi connectivity index (χ0n) is 7.96. The van der Waals surface area contributed by atoms with E-state index in [4.69, 9.17) is 17.3 Å². The first-order valence-corrected chi connectivity index (χ1v) is 4.49. The molecule has 0 unspecified atom stereocenters. The van der Waals surface area contributed by atoms with Crippen LogP contribution in [0.25, 0.3) is 0 Å². The summed E-state index contributed by atoms with van der Waals surface area (Å²) in [5.41, 5.74) is 5.31. The summed E-state index contributed by atoms with van der Waals surface area (Å²) in [5, 5.41) is 9.38. The van der Waals surface area contributed by atoms with E-state index in [1.807, 2.05) is 0 Å². The molecule has 0 aliphatic carbocycles. The van der Waals surface area contributed by atoms with E-state index in [2.05, 4.69) is 0 Å². The van der Waals surface area contributed by atoms with Crippen LogP contribution in [0.5, 0.6) is 5.75 Å². The van der Waals surface area contributed by atoms with Crippen molar-refractivity contribution in [2.75, 3.05) is 0 Å². The summed E-state index contributed by atoms with van der Waals surface area (Å²) in [6.45, 7) is 0. The Morgan fingerprint density at radius 1 is 1.38 bits per heavy atom. The fourth-order valence-corrected chi connectivity index (χ4v) is 1.37. The number of hydrogen-bond acceptors (Lipinski definition) is 2. The molecule has 0 saturated carbocycles. The maximum Gasteiger partial charge on any atom is 0.390 e. The lowest BCUT2D eigenvalue weighted by Gasteiger charge is -2.15. The van der Waals surface area contributed by atoms with E-state index in [1.165, 1.54) is 18.2 Å². The molecule has 16 heavy (non-hydrogen) atoms. The molecule has 0 aliphatic heterocycles. The van der Waals surface area contributed by atoms with Crippen LogP contribution in [0, 0.1) is 0 Å². The van der Waals surface area contributed by atoms with E-state index in [-0.39, 0.29) is 23.0 Å². The number of phenols is 1. The minimum atomic E-state index is -4.37. The van der Waals surface area contributed by atoms with Gasteiger partial charge in [-0.05, 0) is 6.07 Å². The van der Waals surface area contributed by atoms with Crippen molar-refractivity contribution in [3.05, 3.63) is 28.8 Å². The fourth-order valence-electron chi connectivity index (χ4n) is 1.19. The van der Waals surface area contributed by atoms with E-state index in [9.17, 15) is 18.3 Å². The number of benzene rings is 1. The Labute approximate surface area is 102 Å². The van der Waals surface area contributed by atoms with Crippen molar-refractivity contribution < 1.29 is 18.3 Å². The molecule has 0 aromatic heterocycles. The first-order chi connectivity index (χ1) is 6.81. The van der Waals surface area contributed by atoms with Crippen LogP contribution in [0.4, 0.5) is 13.2 Å². The van der Waals surface area contributed by atoms with Crippen molar-refractivity contribution in [3.63, 3.8) is 0 Å². The summed E-state index contributed by atoms with van der Waals surface area (Å²) in [6.07, 6.45) is -5.56. The summed E-state index contributed by atoms with van der Waals surface area (Å²) in [7, 11) is 0. The second-order valence-corrected chi connectivity index (χ2v) is 3.51. The van der Waals surface area contributed by atoms with Gasteiger partial charge < -0.3 is 10.8 Å². The highest BCUT2D eigenvalue weighted by Gasteiger charge is 2.32. The van der Waals surface area contributed by atoms with Gasteiger partial charge in [-0.1, -0.05) is 23.7 Å². The summed E-state index contributed by atoms with van der Waals surface area (Å²) in [4.78, 5) is 0. The molecule has 7 heteroatoms. The zero-order valence-corrected chi connectivity index (χ0v) is 9.53. The van der Waals surface area contributed by atoms with Crippen molar-refractivity contribution in [1.29, 1.82) is 0 Å². The Bertz CT molecular complexity index is 357. The Kier molecular flexibility index (Phi) is 5.38. The molecule has 2 nitrogen and oxygen atoms in total. The van der Waals surface area contributed by atoms with Crippen LogP contribution in [0.1, 0.15) is 18.0 Å². The van der Waals surface area contributed by atoms with Gasteiger partial charge in [0, 0.05) is 11.6 Å². The van der Waals surface area contributed by atoms with Crippen molar-refractivity contribution >= 4 is 24.0 Å². The summed E-state index contributed by atoms with van der Waals surface area (Å²) >= 11 is 5.54. The molecule has 3 N–H and O–H groups in total. The molecule has 1 atom stereocenters. The summed E-state index contributed by atoms with van der Waals surface area (Å²) < 4.78 is 36.1. The van der Waals surface area contributed by atoms with E-state index in [0.29, 0.717) is 0 Å². The van der Waals surface area contributed by atoms with Gasteiger partial charge in [0.2, 0.25) is 0 Å². The van der Waals surface area contributed by atoms with E-state index in [0.717, 1.165) is 0 Å². The predicted octanol–water partition coefficient (Wildman–Crippen LogP) is 3.42. The Morgan fingerprint density at radius 2 is 1.94 bits per heavy atom. The molecular formula is C9H10Cl2F3NO. The number of aromatic hydroxyl groups is 1. The van der Waals surface area contributed by atoms with Crippen LogP contribution in [0.3, 0.4) is 0 Å². The monoisotopic (exact) mass is 275 g/mol. The number of phenolic OH excluding ortho intramolecular Hbond substituents is 1. The third-order valence-electron chi connectivity index (χ3n) is 1.87. The normalized spacial score (nSPS) is 13.1. The molecule has 92 valence electrons. The average Bonchev–Trinajstić information content (AvgIpc) is 2.06. The quantitative estimate of drug-likeness (QED) is 0.869. The van der Waals surface area contributed by atoms with Crippen molar-refractivity contribution in [1.82, 2.24) is 0 Å². The van der Waals surface area contributed by atoms with Gasteiger partial charge in [-0.25, -0.2) is 0 Å². The topological polar surface area (TPSA) is 46.2 Å². The standard InChI is InChI=1S/C9H9ClF3NO.ClH/c10-6-3-1-2-5(8(6)15)7(14)4-9(11,12)13;/h1-3,7,15H,4,14H2;1H/t7-;/m1./s1. The number of alkyl halides is 3. The number of para-hydroxylation sites is 1. The van der Waals surface area contributed by atoms with Crippen LogP contribution in [0.2, 0.25) is 5.02 Å². The largest absolute Gasteiger partial charge is 0.506 e. The second kappa shape index (κ2) is 5.61. The Morgan fingerprint density at radius 3 is 2.44 bits per heavy atom. The SMILES string of the molecule is Cl.N[C@H](CC(F)(F)F)c1cccc(Cl)c1O. The lowest BCUT2D eigenvalue weighted by molar-refractivity contribution is -0.138. The van der Waals surface area contributed by atoms with Crippen molar-refractivity contribution in [3.8, 4) is 5.75 Å². The van der Waals surface area contributed by atoms with Gasteiger partial charge in [-0.2, -0.15) is 13.2 Å². The van der Waals surface area contributed by atoms with Crippen molar-refractivity contribution in [2.45, 2.75) is 18.6 Å². The summed E-state index contributed by atoms with van der Waals surface area (Å²) in [6, 6.07) is 2.83. The molecule has 0 radical (unpaired) electrons. The van der Waals surface area contributed by atoms with Gasteiger partial charge in [0.25, 0.3) is 0 Å². The lowest BCUT2D eigenvalue weighted by Crippen LogP contribution is -2.20. The molecule has 0 bridgehead atoms. The van der Waals surface area contributed by atoms with Gasteiger partial charge in [0.05, 0.1) is 11.4 Å². The molecule has 1 aromatic carbocycles. The van der Waals surface area contributed by atoms with Crippen LogP contribution < -0.4 is 5.73 Å². The lowest BCUT2D eigenvalue weighted by atomic mass is 10.0. The van der Waals surface area contributed by atoms with Gasteiger partial charge in [0.1, 0.15) is 5.75 Å². The fraction of sp³-hybridized carbons (Fsp3) is 0.333. The molecule has 0 heterocycles. The molecular weight excluding hydrogens is 266 g/mol. The van der Waals surface area contributed by atoms with Crippen LogP contribution in [-0.4, -0.2) is 11.3 Å². The summed E-state index contributed by atoms with van der Waals surface area (Å²) in [5.74, 6) is -0.393. The van der Waals surface area contributed by atoms with E-state index >= 15 is 0 Å². The van der Waals surface area contributed by atoms with Crippen LogP contribution in [0.15, 0.2) is 18.2 Å². The minimum Gasteiger partial charge on any atom is -0.506 e. The smallest absolute Gasteiger partial charge is 0.390 e. The highest BCUT2D eigenvalue weighted by molar-refractivity contribution is 6.32. The molecule has 1 aromatic rings. The van der Waals surface area contributed by atoms with Gasteiger partial charge in [0.15, 0.2) is 0 Å². The Balaban J connectivity index is 0.00000225.